The molecule has 4 N–H and O–H groups in total. The van der Waals surface area contributed by atoms with E-state index in [9.17, 15) is 19.2 Å². The van der Waals surface area contributed by atoms with E-state index in [-0.39, 0.29) is 16.8 Å². The fourth-order valence-electron chi connectivity index (χ4n) is 3.73. The molecule has 0 aromatic heterocycles. The van der Waals surface area contributed by atoms with Crippen LogP contribution < -0.4 is 38.1 Å². The van der Waals surface area contributed by atoms with Gasteiger partial charge in [0.05, 0.1) is 5.69 Å². The molecule has 186 valence electrons. The first-order chi connectivity index (χ1) is 15.1. The van der Waals surface area contributed by atoms with Gasteiger partial charge in [0, 0.05) is 19.2 Å². The molecule has 0 aliphatic carbocycles. The second-order valence-electron chi connectivity index (χ2n) is 11.5. The molecule has 0 unspecified atom stereocenters. The third-order valence-corrected chi connectivity index (χ3v) is 5.88. The Balaban J connectivity index is 0.000000331. The van der Waals surface area contributed by atoms with Crippen LogP contribution in [0.1, 0.15) is 92.1 Å². The monoisotopic (exact) mass is 461 g/mol. The molecule has 0 aliphatic rings. The second-order valence-corrected chi connectivity index (χ2v) is 11.5. The highest BCUT2D eigenvalue weighted by Crippen LogP contribution is 2.23. The molecule has 0 saturated carbocycles. The van der Waals surface area contributed by atoms with Crippen molar-refractivity contribution in [2.75, 3.05) is 30.0 Å². The maximum Gasteiger partial charge on any atom is 0.253 e. The molecule has 0 fully saturated rings. The van der Waals surface area contributed by atoms with E-state index in [1.807, 2.05) is 7.05 Å². The molecular formula is C26H43N3O4. The number of unbranched alkanes of at least 4 members (excludes halogenated alkanes) is 3. The zero-order valence-corrected chi connectivity index (χ0v) is 21.6. The summed E-state index contributed by atoms with van der Waals surface area (Å²) in [6.45, 7) is 14.1. The first-order valence-corrected chi connectivity index (χ1v) is 11.9. The molecule has 7 heteroatoms. The van der Waals surface area contributed by atoms with Gasteiger partial charge < -0.3 is 16.4 Å². The minimum atomic E-state index is -0.540. The van der Waals surface area contributed by atoms with Gasteiger partial charge >= 0.3 is 0 Å². The summed E-state index contributed by atoms with van der Waals surface area (Å²) in [6, 6.07) is 0. The van der Waals surface area contributed by atoms with Crippen LogP contribution in [-0.4, -0.2) is 13.6 Å². The van der Waals surface area contributed by atoms with Gasteiger partial charge in [-0.15, -0.1) is 0 Å². The second kappa shape index (κ2) is 11.6. The van der Waals surface area contributed by atoms with E-state index in [1.165, 1.54) is 12.8 Å². The summed E-state index contributed by atoms with van der Waals surface area (Å²) in [7, 11) is 1.81. The normalized spacial score (nSPS) is 12.1. The zero-order chi connectivity index (χ0) is 25.6. The van der Waals surface area contributed by atoms with Crippen molar-refractivity contribution in [1.29, 1.82) is 0 Å². The van der Waals surface area contributed by atoms with Crippen LogP contribution in [0.15, 0.2) is 19.2 Å². The number of hydrogen-bond acceptors (Lipinski definition) is 7. The molecule has 0 radical (unpaired) electrons. The summed E-state index contributed by atoms with van der Waals surface area (Å²) >= 11 is 0. The molecular weight excluding hydrogens is 418 g/mol. The zero-order valence-electron chi connectivity index (χ0n) is 21.6. The van der Waals surface area contributed by atoms with Gasteiger partial charge in [0.25, 0.3) is 10.9 Å². The number of rotatable bonds is 10. The van der Waals surface area contributed by atoms with Crippen LogP contribution in [0.2, 0.25) is 0 Å². The number of nitrogen functional groups attached to an aromatic ring is 2. The fraction of sp³-hybridized carbons (Fsp3) is 0.692. The smallest absolute Gasteiger partial charge is 0.253 e. The van der Waals surface area contributed by atoms with Gasteiger partial charge in [-0.3, -0.25) is 19.2 Å². The Kier molecular flexibility index (Phi) is 10.1. The largest absolute Gasteiger partial charge is 0.395 e. The molecule has 0 amide bonds. The molecule has 2 aromatic rings. The first-order valence-electron chi connectivity index (χ1n) is 11.9. The number of anilines is 3. The highest BCUT2D eigenvalue weighted by Gasteiger charge is 2.21. The maximum absolute atomic E-state index is 11.3. The summed E-state index contributed by atoms with van der Waals surface area (Å²) < 4.78 is 0. The lowest BCUT2D eigenvalue weighted by Crippen LogP contribution is -2.41. The van der Waals surface area contributed by atoms with Crippen LogP contribution in [0.4, 0.5) is 17.1 Å². The maximum atomic E-state index is 11.3. The van der Waals surface area contributed by atoms with Gasteiger partial charge in [0.1, 0.15) is 11.4 Å². The van der Waals surface area contributed by atoms with Crippen molar-refractivity contribution in [1.82, 2.24) is 0 Å². The van der Waals surface area contributed by atoms with Crippen molar-refractivity contribution in [3.8, 4) is 0 Å². The predicted molar refractivity (Wildman–Crippen MR) is 140 cm³/mol. The predicted octanol–water partition coefficient (Wildman–Crippen LogP) is 3.53. The Hall–Kier alpha value is -2.44. The van der Waals surface area contributed by atoms with E-state index in [1.54, 1.807) is 4.90 Å². The topological polar surface area (TPSA) is 124 Å². The lowest BCUT2D eigenvalue weighted by Gasteiger charge is -2.22. The molecule has 0 aliphatic heterocycles. The van der Waals surface area contributed by atoms with Crippen LogP contribution in [0.3, 0.4) is 0 Å². The minimum Gasteiger partial charge on any atom is -0.395 e. The van der Waals surface area contributed by atoms with Gasteiger partial charge in [-0.05, 0) is 42.9 Å². The Morgan fingerprint density at radius 2 is 1.12 bits per heavy atom. The lowest BCUT2D eigenvalue weighted by molar-refractivity contribution is 0.358. The third-order valence-electron chi connectivity index (χ3n) is 5.88. The number of nitrogens with two attached hydrogens (primary N) is 2. The highest BCUT2D eigenvalue weighted by atomic mass is 16.2. The fourth-order valence-corrected chi connectivity index (χ4v) is 3.73. The van der Waals surface area contributed by atoms with Gasteiger partial charge in [-0.25, -0.2) is 0 Å². The van der Waals surface area contributed by atoms with E-state index in [0.717, 1.165) is 38.6 Å². The van der Waals surface area contributed by atoms with Crippen LogP contribution >= 0.6 is 0 Å². The average Bonchev–Trinajstić information content (AvgIpc) is 2.71. The van der Waals surface area contributed by atoms with Crippen molar-refractivity contribution in [3.05, 3.63) is 46.5 Å². The molecule has 0 heterocycles. The van der Waals surface area contributed by atoms with Gasteiger partial charge in [-0.2, -0.15) is 0 Å². The lowest BCUT2D eigenvalue weighted by atomic mass is 9.89. The van der Waals surface area contributed by atoms with Gasteiger partial charge in [0.2, 0.25) is 10.9 Å². The van der Waals surface area contributed by atoms with Crippen LogP contribution in [-0.2, 0) is 6.42 Å². The number of nitrogens with zero attached hydrogens (tertiary/aromatic N) is 1. The van der Waals surface area contributed by atoms with Crippen LogP contribution in [0.5, 0.6) is 0 Å². The summed E-state index contributed by atoms with van der Waals surface area (Å²) in [5.74, 6) is 0. The van der Waals surface area contributed by atoms with Gasteiger partial charge in [-0.1, -0.05) is 60.8 Å². The van der Waals surface area contributed by atoms with Gasteiger partial charge in [0.15, 0.2) is 0 Å². The molecule has 0 atom stereocenters. The van der Waals surface area contributed by atoms with Crippen molar-refractivity contribution >= 4 is 17.1 Å². The van der Waals surface area contributed by atoms with Crippen LogP contribution in [0.25, 0.3) is 0 Å². The Bertz CT molecular complexity index is 1040. The average molecular weight is 462 g/mol. The molecule has 0 bridgehead atoms. The van der Waals surface area contributed by atoms with E-state index in [0.29, 0.717) is 28.5 Å². The Labute approximate surface area is 197 Å². The van der Waals surface area contributed by atoms with Crippen molar-refractivity contribution in [2.45, 2.75) is 92.9 Å². The van der Waals surface area contributed by atoms with E-state index < -0.39 is 16.3 Å². The molecule has 7 nitrogen and oxygen atoms in total. The summed E-state index contributed by atoms with van der Waals surface area (Å²) in [5.41, 5.74) is 11.1. The summed E-state index contributed by atoms with van der Waals surface area (Å²) in [4.78, 5) is 46.0. The van der Waals surface area contributed by atoms with E-state index in [2.05, 4.69) is 41.5 Å². The minimum absolute atomic E-state index is 0.119. The summed E-state index contributed by atoms with van der Waals surface area (Å²) in [6.07, 6.45) is 8.34. The Morgan fingerprint density at radius 3 is 1.58 bits per heavy atom. The van der Waals surface area contributed by atoms with E-state index >= 15 is 0 Å². The van der Waals surface area contributed by atoms with Crippen LogP contribution in [0, 0.1) is 10.8 Å². The van der Waals surface area contributed by atoms with Crippen molar-refractivity contribution < 1.29 is 0 Å². The third kappa shape index (κ3) is 8.78. The Morgan fingerprint density at radius 1 is 0.636 bits per heavy atom. The molecule has 2 aromatic carbocycles. The number of hydrogen-bond donors (Lipinski definition) is 2. The first kappa shape index (κ1) is 28.6. The molecule has 0 spiro atoms. The molecule has 33 heavy (non-hydrogen) atoms. The van der Waals surface area contributed by atoms with E-state index in [4.69, 9.17) is 11.5 Å². The standard InChI is InChI=1S/C13H22N2O2.C13H21NO2/c1-13(2,3)7-5-6-8-15(4)10-9(14)11(16)12(10)17;1-13(2,3)8-6-4-5-7-9-10(14)12(16)11(9)15/h5-8,14H2,1-4H3;4-8,14H2,1-3H3. The SMILES string of the molecule is CC(C)(C)CCCCCc1c(N)c(=O)c1=O.CN(CCCCC(C)(C)C)c1c(N)c(=O)c1=O. The highest BCUT2D eigenvalue weighted by molar-refractivity contribution is 5.72. The summed E-state index contributed by atoms with van der Waals surface area (Å²) in [5, 5.41) is 0. The molecule has 2 rings (SSSR count). The molecule has 0 saturated heterocycles. The van der Waals surface area contributed by atoms with Crippen molar-refractivity contribution in [3.63, 3.8) is 0 Å². The van der Waals surface area contributed by atoms with Crippen molar-refractivity contribution in [2.24, 2.45) is 10.8 Å². The quantitative estimate of drug-likeness (QED) is 0.410.